The molecule has 1 heterocycles. The van der Waals surface area contributed by atoms with Crippen LogP contribution in [-0.4, -0.2) is 22.5 Å². The molecule has 0 saturated carbocycles. The summed E-state index contributed by atoms with van der Waals surface area (Å²) in [6.45, 7) is 1.93. The predicted molar refractivity (Wildman–Crippen MR) is 72.8 cm³/mol. The maximum atomic E-state index is 11.9. The van der Waals surface area contributed by atoms with Gasteiger partial charge in [-0.05, 0) is 24.5 Å². The molecule has 0 aliphatic heterocycles. The Morgan fingerprint density at radius 3 is 2.95 bits per heavy atom. The standard InChI is InChI=1S/C15H14N2O3/c1-2-20-15(19)12-8-16-13(17-14(12)18)11-7-9-5-3-4-6-10(9)11/h3-6,8,11H,2,7H2,1H3,(H,16,17,18). The highest BCUT2D eigenvalue weighted by molar-refractivity contribution is 5.88. The quantitative estimate of drug-likeness (QED) is 0.860. The molecule has 1 unspecified atom stereocenters. The number of nitrogens with zero attached hydrogens (tertiary/aromatic N) is 1. The van der Waals surface area contributed by atoms with E-state index in [4.69, 9.17) is 4.74 Å². The second kappa shape index (κ2) is 4.92. The average Bonchev–Trinajstić information content (AvgIpc) is 2.40. The lowest BCUT2D eigenvalue weighted by molar-refractivity contribution is 0.0523. The third kappa shape index (κ3) is 2.01. The van der Waals surface area contributed by atoms with E-state index in [0.717, 1.165) is 6.42 Å². The molecule has 5 nitrogen and oxygen atoms in total. The lowest BCUT2D eigenvalue weighted by Crippen LogP contribution is -2.27. The van der Waals surface area contributed by atoms with E-state index in [9.17, 15) is 9.59 Å². The van der Waals surface area contributed by atoms with E-state index in [1.54, 1.807) is 6.92 Å². The lowest BCUT2D eigenvalue weighted by Gasteiger charge is -2.28. The Morgan fingerprint density at radius 2 is 2.25 bits per heavy atom. The molecule has 1 atom stereocenters. The number of aromatic nitrogens is 2. The molecule has 2 aromatic rings. The fourth-order valence-corrected chi connectivity index (χ4v) is 2.44. The van der Waals surface area contributed by atoms with Gasteiger partial charge in [0.25, 0.3) is 5.56 Å². The van der Waals surface area contributed by atoms with Crippen molar-refractivity contribution in [3.8, 4) is 0 Å². The number of hydrogen-bond donors (Lipinski definition) is 1. The summed E-state index contributed by atoms with van der Waals surface area (Å²) in [6.07, 6.45) is 2.16. The molecule has 102 valence electrons. The summed E-state index contributed by atoms with van der Waals surface area (Å²) in [5.41, 5.74) is 1.95. The third-order valence-corrected chi connectivity index (χ3v) is 3.50. The zero-order valence-electron chi connectivity index (χ0n) is 11.1. The lowest BCUT2D eigenvalue weighted by atomic mass is 9.77. The number of H-pyrrole nitrogens is 1. The van der Waals surface area contributed by atoms with Crippen LogP contribution in [0.4, 0.5) is 0 Å². The summed E-state index contributed by atoms with van der Waals surface area (Å²) in [7, 11) is 0. The van der Waals surface area contributed by atoms with Crippen molar-refractivity contribution in [2.45, 2.75) is 19.3 Å². The van der Waals surface area contributed by atoms with Crippen LogP contribution in [0.25, 0.3) is 0 Å². The van der Waals surface area contributed by atoms with Gasteiger partial charge >= 0.3 is 5.97 Å². The smallest absolute Gasteiger partial charge is 0.345 e. The van der Waals surface area contributed by atoms with Crippen LogP contribution in [0.1, 0.15) is 40.2 Å². The van der Waals surface area contributed by atoms with Gasteiger partial charge in [-0.25, -0.2) is 9.78 Å². The number of rotatable bonds is 3. The number of aromatic amines is 1. The monoisotopic (exact) mass is 270 g/mol. The van der Waals surface area contributed by atoms with Crippen molar-refractivity contribution < 1.29 is 9.53 Å². The average molecular weight is 270 g/mol. The maximum absolute atomic E-state index is 11.9. The van der Waals surface area contributed by atoms with Gasteiger partial charge in [-0.3, -0.25) is 4.79 Å². The summed E-state index contributed by atoms with van der Waals surface area (Å²) < 4.78 is 4.81. The molecular weight excluding hydrogens is 256 g/mol. The van der Waals surface area contributed by atoms with Gasteiger partial charge in [0.2, 0.25) is 0 Å². The van der Waals surface area contributed by atoms with E-state index < -0.39 is 11.5 Å². The Bertz CT molecular complexity index is 721. The Labute approximate surface area is 115 Å². The molecule has 1 aliphatic rings. The van der Waals surface area contributed by atoms with E-state index in [1.165, 1.54) is 17.3 Å². The minimum Gasteiger partial charge on any atom is -0.462 e. The van der Waals surface area contributed by atoms with Gasteiger partial charge in [-0.2, -0.15) is 0 Å². The van der Waals surface area contributed by atoms with Crippen LogP contribution in [-0.2, 0) is 11.2 Å². The molecule has 1 aliphatic carbocycles. The Morgan fingerprint density at radius 1 is 1.45 bits per heavy atom. The van der Waals surface area contributed by atoms with Crippen LogP contribution in [0.3, 0.4) is 0 Å². The molecule has 1 aromatic heterocycles. The van der Waals surface area contributed by atoms with Crippen molar-refractivity contribution in [3.63, 3.8) is 0 Å². The van der Waals surface area contributed by atoms with Crippen LogP contribution >= 0.6 is 0 Å². The fraction of sp³-hybridized carbons (Fsp3) is 0.267. The summed E-state index contributed by atoms with van der Waals surface area (Å²) >= 11 is 0. The van der Waals surface area contributed by atoms with E-state index in [0.29, 0.717) is 5.82 Å². The zero-order valence-corrected chi connectivity index (χ0v) is 11.1. The fourth-order valence-electron chi connectivity index (χ4n) is 2.44. The number of ether oxygens (including phenoxy) is 1. The van der Waals surface area contributed by atoms with Crippen LogP contribution in [0, 0.1) is 0 Å². The molecule has 3 rings (SSSR count). The molecule has 5 heteroatoms. The number of nitrogens with one attached hydrogen (secondary N) is 1. The van der Waals surface area contributed by atoms with Crippen LogP contribution in [0.5, 0.6) is 0 Å². The first-order valence-corrected chi connectivity index (χ1v) is 6.55. The number of benzene rings is 1. The predicted octanol–water partition coefficient (Wildman–Crippen LogP) is 1.63. The Hall–Kier alpha value is -2.43. The summed E-state index contributed by atoms with van der Waals surface area (Å²) in [5.74, 6) is 0.0682. The van der Waals surface area contributed by atoms with Crippen molar-refractivity contribution >= 4 is 5.97 Å². The van der Waals surface area contributed by atoms with E-state index >= 15 is 0 Å². The number of hydrogen-bond acceptors (Lipinski definition) is 4. The van der Waals surface area contributed by atoms with Crippen molar-refractivity contribution in [3.05, 3.63) is 63.3 Å². The molecule has 1 N–H and O–H groups in total. The van der Waals surface area contributed by atoms with Gasteiger partial charge in [0.05, 0.1) is 6.61 Å². The highest BCUT2D eigenvalue weighted by Crippen LogP contribution is 2.37. The largest absolute Gasteiger partial charge is 0.462 e. The van der Waals surface area contributed by atoms with Crippen molar-refractivity contribution in [1.29, 1.82) is 0 Å². The first kappa shape index (κ1) is 12.6. The molecule has 0 radical (unpaired) electrons. The summed E-state index contributed by atoms with van der Waals surface area (Å²) in [5, 5.41) is 0. The van der Waals surface area contributed by atoms with Crippen LogP contribution < -0.4 is 5.56 Å². The van der Waals surface area contributed by atoms with E-state index in [1.807, 2.05) is 18.2 Å². The molecule has 0 spiro atoms. The summed E-state index contributed by atoms with van der Waals surface area (Å²) in [6, 6.07) is 8.06. The van der Waals surface area contributed by atoms with Gasteiger partial charge in [-0.15, -0.1) is 0 Å². The molecule has 1 aromatic carbocycles. The number of esters is 1. The van der Waals surface area contributed by atoms with E-state index in [2.05, 4.69) is 16.0 Å². The van der Waals surface area contributed by atoms with Gasteiger partial charge in [-0.1, -0.05) is 24.3 Å². The number of carbonyl (C=O) groups excluding carboxylic acids is 1. The zero-order chi connectivity index (χ0) is 14.1. The van der Waals surface area contributed by atoms with Gasteiger partial charge in [0.15, 0.2) is 0 Å². The number of fused-ring (bicyclic) bond motifs is 1. The Kier molecular flexibility index (Phi) is 3.10. The number of carbonyl (C=O) groups is 1. The molecule has 20 heavy (non-hydrogen) atoms. The van der Waals surface area contributed by atoms with Crippen molar-refractivity contribution in [2.24, 2.45) is 0 Å². The second-order valence-electron chi connectivity index (χ2n) is 4.69. The van der Waals surface area contributed by atoms with Crippen LogP contribution in [0.15, 0.2) is 35.3 Å². The highest BCUT2D eigenvalue weighted by atomic mass is 16.5. The first-order chi connectivity index (χ1) is 9.70. The third-order valence-electron chi connectivity index (χ3n) is 3.50. The van der Waals surface area contributed by atoms with Gasteiger partial charge in [0.1, 0.15) is 11.4 Å². The molecule has 0 fully saturated rings. The minimum atomic E-state index is -0.637. The highest BCUT2D eigenvalue weighted by Gasteiger charge is 2.29. The second-order valence-corrected chi connectivity index (χ2v) is 4.69. The first-order valence-electron chi connectivity index (χ1n) is 6.55. The van der Waals surface area contributed by atoms with Crippen LogP contribution in [0.2, 0.25) is 0 Å². The topological polar surface area (TPSA) is 72.0 Å². The molecular formula is C15H14N2O3. The maximum Gasteiger partial charge on any atom is 0.345 e. The molecule has 0 saturated heterocycles. The minimum absolute atomic E-state index is 0.0526. The Balaban J connectivity index is 1.90. The van der Waals surface area contributed by atoms with E-state index in [-0.39, 0.29) is 18.1 Å². The van der Waals surface area contributed by atoms with Crippen molar-refractivity contribution in [1.82, 2.24) is 9.97 Å². The van der Waals surface area contributed by atoms with Crippen molar-refractivity contribution in [2.75, 3.05) is 6.61 Å². The van der Waals surface area contributed by atoms with Gasteiger partial charge in [0, 0.05) is 12.1 Å². The normalized spacial score (nSPS) is 16.1. The SMILES string of the molecule is CCOC(=O)c1cnc(C2Cc3ccccc32)[nH]c1=O. The van der Waals surface area contributed by atoms with Gasteiger partial charge < -0.3 is 9.72 Å². The summed E-state index contributed by atoms with van der Waals surface area (Å²) in [4.78, 5) is 30.4. The molecule has 0 amide bonds. The molecule has 0 bridgehead atoms.